The van der Waals surface area contributed by atoms with E-state index < -0.39 is 7.33 Å². The first-order chi connectivity index (χ1) is 4.05. The van der Waals surface area contributed by atoms with E-state index in [-0.39, 0.29) is 0 Å². The molecule has 9 heavy (non-hydrogen) atoms. The van der Waals surface area contributed by atoms with Crippen molar-refractivity contribution in [3.8, 4) is 0 Å². The molecule has 52 valence electrons. The maximum atomic E-state index is 4.99. The van der Waals surface area contributed by atoms with Crippen molar-refractivity contribution >= 4 is 55.2 Å². The SMILES string of the molecule is S=S1(=S)C(S)=CNN1S. The maximum absolute atomic E-state index is 4.99. The van der Waals surface area contributed by atoms with Gasteiger partial charge >= 0.3 is 0 Å². The molecule has 0 spiro atoms. The average molecular weight is 216 g/mol. The summed E-state index contributed by atoms with van der Waals surface area (Å²) in [4.78, 5) is 0. The molecule has 1 rings (SSSR count). The van der Waals surface area contributed by atoms with Crippen molar-refractivity contribution in [3.63, 3.8) is 0 Å². The van der Waals surface area contributed by atoms with Crippen LogP contribution in [0.3, 0.4) is 0 Å². The zero-order valence-electron chi connectivity index (χ0n) is 4.14. The number of nitrogens with zero attached hydrogens (tertiary/aromatic N) is 1. The zero-order valence-corrected chi connectivity index (χ0v) is 8.38. The van der Waals surface area contributed by atoms with Gasteiger partial charge in [-0.05, 0) is 22.4 Å². The standard InChI is InChI=1S/C2H4N2S5/c5-2-1-3-4(6)9(2,7)8/h1,3,5-6H. The van der Waals surface area contributed by atoms with Crippen LogP contribution in [0, 0.1) is 0 Å². The molecular formula is C2H4N2S5. The molecule has 0 fully saturated rings. The van der Waals surface area contributed by atoms with E-state index in [9.17, 15) is 0 Å². The van der Waals surface area contributed by atoms with Crippen LogP contribution in [0.1, 0.15) is 0 Å². The highest BCUT2D eigenvalue weighted by Crippen LogP contribution is 2.21. The summed E-state index contributed by atoms with van der Waals surface area (Å²) in [5.41, 5.74) is 2.75. The second-order valence-corrected chi connectivity index (χ2v) is 8.10. The lowest BCUT2D eigenvalue weighted by atomic mass is 11.1. The van der Waals surface area contributed by atoms with Crippen molar-refractivity contribution in [2.75, 3.05) is 0 Å². The number of hydrogen-bond acceptors (Lipinski definition) is 5. The molecular weight excluding hydrogens is 212 g/mol. The Bertz CT molecular complexity index is 238. The van der Waals surface area contributed by atoms with Gasteiger partial charge in [0.2, 0.25) is 0 Å². The van der Waals surface area contributed by atoms with Crippen molar-refractivity contribution in [1.82, 2.24) is 9.25 Å². The molecule has 0 saturated carbocycles. The summed E-state index contributed by atoms with van der Waals surface area (Å²) in [5.74, 6) is 0. The van der Waals surface area contributed by atoms with Crippen molar-refractivity contribution in [3.05, 3.63) is 10.4 Å². The predicted octanol–water partition coefficient (Wildman–Crippen LogP) is 0.373. The Morgan fingerprint density at radius 2 is 2.22 bits per heavy atom. The van der Waals surface area contributed by atoms with Crippen LogP contribution >= 0.6 is 25.4 Å². The molecule has 1 N–H and O–H groups in total. The van der Waals surface area contributed by atoms with Crippen molar-refractivity contribution in [2.24, 2.45) is 0 Å². The Morgan fingerprint density at radius 3 is 2.33 bits per heavy atom. The highest BCUT2D eigenvalue weighted by Gasteiger charge is 2.18. The van der Waals surface area contributed by atoms with Crippen molar-refractivity contribution in [1.29, 1.82) is 0 Å². The number of rotatable bonds is 0. The van der Waals surface area contributed by atoms with Gasteiger partial charge in [0.25, 0.3) is 0 Å². The molecule has 1 aliphatic rings. The third-order valence-electron chi connectivity index (χ3n) is 0.790. The molecule has 0 aliphatic carbocycles. The lowest BCUT2D eigenvalue weighted by Gasteiger charge is -2.11. The molecule has 0 aromatic heterocycles. The van der Waals surface area contributed by atoms with E-state index >= 15 is 0 Å². The van der Waals surface area contributed by atoms with Crippen LogP contribution in [0.5, 0.6) is 0 Å². The van der Waals surface area contributed by atoms with Crippen LogP contribution in [-0.4, -0.2) is 3.82 Å². The Hall–Kier alpha value is 0.990. The lowest BCUT2D eigenvalue weighted by Crippen LogP contribution is -2.22. The summed E-state index contributed by atoms with van der Waals surface area (Å²) in [6.45, 7) is 0. The van der Waals surface area contributed by atoms with E-state index in [1.807, 2.05) is 0 Å². The molecule has 0 atom stereocenters. The fraction of sp³-hybridized carbons (Fsp3) is 0. The van der Waals surface area contributed by atoms with Crippen LogP contribution in [0.4, 0.5) is 0 Å². The van der Waals surface area contributed by atoms with Crippen LogP contribution in [0.2, 0.25) is 0 Å². The van der Waals surface area contributed by atoms with E-state index in [1.165, 1.54) is 3.82 Å². The van der Waals surface area contributed by atoms with Crippen LogP contribution in [0.15, 0.2) is 10.4 Å². The smallest absolute Gasteiger partial charge is 0.0789 e. The Morgan fingerprint density at radius 1 is 1.67 bits per heavy atom. The lowest BCUT2D eigenvalue weighted by molar-refractivity contribution is 0.671. The first kappa shape index (κ1) is 8.09. The molecule has 0 saturated heterocycles. The number of thiol groups is 2. The van der Waals surface area contributed by atoms with Crippen LogP contribution < -0.4 is 5.43 Å². The van der Waals surface area contributed by atoms with Gasteiger partial charge in [-0.25, -0.2) is 0 Å². The summed E-state index contributed by atoms with van der Waals surface area (Å²) in [6.07, 6.45) is 1.66. The van der Waals surface area contributed by atoms with Gasteiger partial charge in [-0.1, -0.05) is 12.8 Å². The fourth-order valence-electron chi connectivity index (χ4n) is 0.343. The molecule has 0 amide bonds. The highest BCUT2D eigenvalue weighted by molar-refractivity contribution is 8.61. The number of hydrazine groups is 1. The van der Waals surface area contributed by atoms with E-state index in [4.69, 9.17) is 22.4 Å². The van der Waals surface area contributed by atoms with Gasteiger partial charge in [-0.2, -0.15) is 0 Å². The largest absolute Gasteiger partial charge is 0.305 e. The van der Waals surface area contributed by atoms with Gasteiger partial charge in [0, 0.05) is 13.5 Å². The van der Waals surface area contributed by atoms with Gasteiger partial charge in [-0.15, -0.1) is 16.4 Å². The summed E-state index contributed by atoms with van der Waals surface area (Å²) >= 11 is 18.0. The first-order valence-electron chi connectivity index (χ1n) is 1.94. The molecule has 0 radical (unpaired) electrons. The average Bonchev–Trinajstić information content (AvgIpc) is 1.96. The van der Waals surface area contributed by atoms with Crippen molar-refractivity contribution in [2.45, 2.75) is 0 Å². The molecule has 7 heteroatoms. The van der Waals surface area contributed by atoms with Crippen LogP contribution in [-0.2, 0) is 29.7 Å². The van der Waals surface area contributed by atoms with Gasteiger partial charge in [0.15, 0.2) is 0 Å². The molecule has 0 bridgehead atoms. The topological polar surface area (TPSA) is 15.3 Å². The van der Waals surface area contributed by atoms with Gasteiger partial charge in [0.1, 0.15) is 0 Å². The molecule has 0 unspecified atom stereocenters. The quantitative estimate of drug-likeness (QED) is 0.507. The molecule has 2 nitrogen and oxygen atoms in total. The summed E-state index contributed by atoms with van der Waals surface area (Å²) < 4.78 is 2.14. The van der Waals surface area contributed by atoms with Crippen LogP contribution in [0.25, 0.3) is 0 Å². The molecule has 0 aromatic rings. The Labute approximate surface area is 74.5 Å². The monoisotopic (exact) mass is 216 g/mol. The van der Waals surface area contributed by atoms with E-state index in [2.05, 4.69) is 30.9 Å². The minimum absolute atomic E-state index is 0.711. The Balaban J connectivity index is 3.10. The normalized spacial score (nSPS) is 25.3. The van der Waals surface area contributed by atoms with E-state index in [0.717, 1.165) is 0 Å². The summed E-state index contributed by atoms with van der Waals surface area (Å²) in [7, 11) is -1.73. The first-order valence-corrected chi connectivity index (χ1v) is 6.23. The molecule has 1 aliphatic heterocycles. The second kappa shape index (κ2) is 2.55. The number of hydrogen-bond donors (Lipinski definition) is 3. The fourth-order valence-corrected chi connectivity index (χ4v) is 2.28. The van der Waals surface area contributed by atoms with Crippen molar-refractivity contribution < 1.29 is 0 Å². The van der Waals surface area contributed by atoms with E-state index in [0.29, 0.717) is 4.24 Å². The third kappa shape index (κ3) is 1.36. The predicted molar refractivity (Wildman–Crippen MR) is 53.1 cm³/mol. The van der Waals surface area contributed by atoms with E-state index in [1.54, 1.807) is 6.20 Å². The minimum Gasteiger partial charge on any atom is -0.305 e. The molecule has 0 aromatic carbocycles. The number of nitrogens with one attached hydrogen (secondary N) is 1. The maximum Gasteiger partial charge on any atom is 0.0789 e. The zero-order chi connectivity index (χ0) is 7.07. The summed E-state index contributed by atoms with van der Waals surface area (Å²) in [5, 5.41) is 0. The van der Waals surface area contributed by atoms with Gasteiger partial charge in [0.05, 0.1) is 4.24 Å². The Kier molecular flexibility index (Phi) is 2.30. The van der Waals surface area contributed by atoms with Gasteiger partial charge < -0.3 is 5.43 Å². The highest BCUT2D eigenvalue weighted by atomic mass is 33.1. The third-order valence-corrected chi connectivity index (χ3v) is 7.15. The van der Waals surface area contributed by atoms with Gasteiger partial charge in [-0.3, -0.25) is 0 Å². The minimum atomic E-state index is -1.73. The second-order valence-electron chi connectivity index (χ2n) is 1.36. The summed E-state index contributed by atoms with van der Waals surface area (Å²) in [6, 6.07) is 0. The molecule has 1 heterocycles.